The average Bonchev–Trinajstić information content (AvgIpc) is 3.36. The van der Waals surface area contributed by atoms with Crippen LogP contribution in [0.4, 0.5) is 5.69 Å². The van der Waals surface area contributed by atoms with Crippen molar-refractivity contribution in [2.24, 2.45) is 11.8 Å². The summed E-state index contributed by atoms with van der Waals surface area (Å²) in [6, 6.07) is 5.30. The van der Waals surface area contributed by atoms with Crippen LogP contribution in [0, 0.1) is 11.8 Å². The van der Waals surface area contributed by atoms with Gasteiger partial charge < -0.3 is 20.4 Å². The SMILES string of the molecule is CCOC(=O)c1nc2ccc(NC(=O)[C@H]3NCCC3C3CCCCC3)cc2[nH]1. The van der Waals surface area contributed by atoms with E-state index in [2.05, 4.69) is 20.6 Å². The highest BCUT2D eigenvalue weighted by Crippen LogP contribution is 2.36. The Balaban J connectivity index is 1.46. The van der Waals surface area contributed by atoms with Gasteiger partial charge in [-0.1, -0.05) is 32.1 Å². The molecule has 1 aromatic heterocycles. The van der Waals surface area contributed by atoms with Crippen molar-refractivity contribution in [3.63, 3.8) is 0 Å². The van der Waals surface area contributed by atoms with Crippen LogP contribution in [-0.2, 0) is 9.53 Å². The highest BCUT2D eigenvalue weighted by molar-refractivity contribution is 5.97. The van der Waals surface area contributed by atoms with E-state index in [4.69, 9.17) is 4.74 Å². The number of H-pyrrole nitrogens is 1. The number of nitrogens with zero attached hydrogens (tertiary/aromatic N) is 1. The lowest BCUT2D eigenvalue weighted by Gasteiger charge is -2.30. The highest BCUT2D eigenvalue weighted by atomic mass is 16.5. The molecule has 1 aliphatic heterocycles. The zero-order chi connectivity index (χ0) is 19.5. The van der Waals surface area contributed by atoms with Crippen LogP contribution >= 0.6 is 0 Å². The summed E-state index contributed by atoms with van der Waals surface area (Å²) in [6.45, 7) is 2.96. The van der Waals surface area contributed by atoms with Crippen molar-refractivity contribution < 1.29 is 14.3 Å². The molecule has 2 aliphatic rings. The molecule has 2 fully saturated rings. The second-order valence-corrected chi connectivity index (χ2v) is 7.81. The van der Waals surface area contributed by atoms with Crippen LogP contribution in [0.1, 0.15) is 56.1 Å². The summed E-state index contributed by atoms with van der Waals surface area (Å²) in [5, 5.41) is 6.44. The van der Waals surface area contributed by atoms with E-state index in [0.29, 0.717) is 35.2 Å². The number of anilines is 1. The Bertz CT molecular complexity index is 856. The summed E-state index contributed by atoms with van der Waals surface area (Å²) < 4.78 is 4.98. The summed E-state index contributed by atoms with van der Waals surface area (Å²) in [5.41, 5.74) is 2.07. The van der Waals surface area contributed by atoms with Crippen molar-refractivity contribution in [2.75, 3.05) is 18.5 Å². The number of ether oxygens (including phenoxy) is 1. The Morgan fingerprint density at radius 1 is 1.21 bits per heavy atom. The van der Waals surface area contributed by atoms with Gasteiger partial charge in [-0.2, -0.15) is 0 Å². The third-order valence-corrected chi connectivity index (χ3v) is 6.03. The molecule has 7 nitrogen and oxygen atoms in total. The van der Waals surface area contributed by atoms with E-state index in [-0.39, 0.29) is 17.8 Å². The normalized spacial score (nSPS) is 23.0. The second kappa shape index (κ2) is 8.31. The van der Waals surface area contributed by atoms with Gasteiger partial charge in [-0.05, 0) is 49.9 Å². The van der Waals surface area contributed by atoms with Crippen molar-refractivity contribution in [2.45, 2.75) is 51.5 Å². The molecule has 1 saturated carbocycles. The topological polar surface area (TPSA) is 96.1 Å². The third kappa shape index (κ3) is 3.90. The van der Waals surface area contributed by atoms with Crippen LogP contribution in [0.5, 0.6) is 0 Å². The van der Waals surface area contributed by atoms with Gasteiger partial charge in [0.2, 0.25) is 11.7 Å². The van der Waals surface area contributed by atoms with Crippen molar-refractivity contribution in [3.8, 4) is 0 Å². The molecule has 3 N–H and O–H groups in total. The maximum Gasteiger partial charge on any atom is 0.374 e. The van der Waals surface area contributed by atoms with Crippen molar-refractivity contribution in [3.05, 3.63) is 24.0 Å². The summed E-state index contributed by atoms with van der Waals surface area (Å²) in [6.07, 6.45) is 7.46. The molecule has 150 valence electrons. The molecule has 2 heterocycles. The molecule has 0 bridgehead atoms. The molecule has 0 radical (unpaired) electrons. The van der Waals surface area contributed by atoms with Crippen molar-refractivity contribution >= 4 is 28.6 Å². The number of rotatable bonds is 5. The monoisotopic (exact) mass is 384 g/mol. The molecule has 1 amide bonds. The summed E-state index contributed by atoms with van der Waals surface area (Å²) in [4.78, 5) is 32.0. The summed E-state index contributed by atoms with van der Waals surface area (Å²) in [5.74, 6) is 0.802. The van der Waals surface area contributed by atoms with Gasteiger partial charge in [0.15, 0.2) is 0 Å². The second-order valence-electron chi connectivity index (χ2n) is 7.81. The molecule has 4 rings (SSSR count). The van der Waals surface area contributed by atoms with Gasteiger partial charge in [0.05, 0.1) is 23.7 Å². The first-order valence-electron chi connectivity index (χ1n) is 10.4. The number of hydrogen-bond acceptors (Lipinski definition) is 5. The van der Waals surface area contributed by atoms with E-state index in [1.807, 2.05) is 12.1 Å². The Hall–Kier alpha value is -2.41. The quantitative estimate of drug-likeness (QED) is 0.688. The van der Waals surface area contributed by atoms with Crippen LogP contribution in [-0.4, -0.2) is 41.0 Å². The maximum absolute atomic E-state index is 12.9. The Morgan fingerprint density at radius 3 is 2.82 bits per heavy atom. The van der Waals surface area contributed by atoms with Gasteiger partial charge in [0.1, 0.15) is 0 Å². The highest BCUT2D eigenvalue weighted by Gasteiger charge is 2.38. The molecule has 1 saturated heterocycles. The number of carbonyl (C=O) groups is 2. The Morgan fingerprint density at radius 2 is 2.04 bits per heavy atom. The summed E-state index contributed by atoms with van der Waals surface area (Å²) in [7, 11) is 0. The molecule has 7 heteroatoms. The largest absolute Gasteiger partial charge is 0.460 e. The number of hydrogen-bond donors (Lipinski definition) is 3. The van der Waals surface area contributed by atoms with Crippen molar-refractivity contribution in [1.29, 1.82) is 0 Å². The van der Waals surface area contributed by atoms with Gasteiger partial charge in [-0.15, -0.1) is 0 Å². The van der Waals surface area contributed by atoms with Gasteiger partial charge in [0.25, 0.3) is 0 Å². The molecule has 2 atom stereocenters. The fourth-order valence-corrected chi connectivity index (χ4v) is 4.68. The lowest BCUT2D eigenvalue weighted by molar-refractivity contribution is -0.119. The summed E-state index contributed by atoms with van der Waals surface area (Å²) >= 11 is 0. The Labute approximate surface area is 164 Å². The number of imidazole rings is 1. The van der Waals surface area contributed by atoms with Crippen LogP contribution in [0.15, 0.2) is 18.2 Å². The van der Waals surface area contributed by atoms with Crippen LogP contribution in [0.3, 0.4) is 0 Å². The zero-order valence-electron chi connectivity index (χ0n) is 16.3. The van der Waals surface area contributed by atoms with Gasteiger partial charge in [-0.3, -0.25) is 4.79 Å². The fourth-order valence-electron chi connectivity index (χ4n) is 4.68. The minimum Gasteiger partial charge on any atom is -0.460 e. The number of aromatic amines is 1. The molecule has 0 spiro atoms. The third-order valence-electron chi connectivity index (χ3n) is 6.03. The molecular weight excluding hydrogens is 356 g/mol. The number of aromatic nitrogens is 2. The minimum absolute atomic E-state index is 0.0255. The van der Waals surface area contributed by atoms with E-state index >= 15 is 0 Å². The smallest absolute Gasteiger partial charge is 0.374 e. The van der Waals surface area contributed by atoms with E-state index in [9.17, 15) is 9.59 Å². The molecule has 28 heavy (non-hydrogen) atoms. The maximum atomic E-state index is 12.9. The van der Waals surface area contributed by atoms with Gasteiger partial charge in [0, 0.05) is 5.69 Å². The first-order chi connectivity index (χ1) is 13.7. The lowest BCUT2D eigenvalue weighted by Crippen LogP contribution is -2.42. The molecule has 1 aliphatic carbocycles. The Kier molecular flexibility index (Phi) is 5.62. The van der Waals surface area contributed by atoms with E-state index in [1.165, 1.54) is 32.1 Å². The predicted molar refractivity (Wildman–Crippen MR) is 107 cm³/mol. The first-order valence-corrected chi connectivity index (χ1v) is 10.4. The predicted octanol–water partition coefficient (Wildman–Crippen LogP) is 3.24. The van der Waals surface area contributed by atoms with Gasteiger partial charge >= 0.3 is 5.97 Å². The molecular formula is C21H28N4O3. The molecule has 1 aromatic carbocycles. The molecule has 2 aromatic rings. The van der Waals surface area contributed by atoms with Crippen LogP contribution in [0.2, 0.25) is 0 Å². The van der Waals surface area contributed by atoms with Crippen molar-refractivity contribution in [1.82, 2.24) is 15.3 Å². The van der Waals surface area contributed by atoms with E-state index in [0.717, 1.165) is 13.0 Å². The number of benzene rings is 1. The number of nitrogens with one attached hydrogen (secondary N) is 3. The van der Waals surface area contributed by atoms with E-state index < -0.39 is 5.97 Å². The first kappa shape index (κ1) is 18.9. The number of amides is 1. The van der Waals surface area contributed by atoms with E-state index in [1.54, 1.807) is 13.0 Å². The fraction of sp³-hybridized carbons (Fsp3) is 0.571. The lowest BCUT2D eigenvalue weighted by atomic mass is 9.76. The standard InChI is InChI=1S/C21H28N4O3/c1-2-28-21(27)19-24-16-9-8-14(12-17(16)25-19)23-20(26)18-15(10-11-22-18)13-6-4-3-5-7-13/h8-9,12-13,15,18,22H,2-7,10-11H2,1H3,(H,23,26)(H,24,25)/t15?,18-/m0/s1. The van der Waals surface area contributed by atoms with Gasteiger partial charge in [-0.25, -0.2) is 9.78 Å². The minimum atomic E-state index is -0.477. The number of esters is 1. The zero-order valence-corrected chi connectivity index (χ0v) is 16.3. The number of carbonyl (C=O) groups excluding carboxylic acids is 2. The number of fused-ring (bicyclic) bond motifs is 1. The van der Waals surface area contributed by atoms with Crippen LogP contribution < -0.4 is 10.6 Å². The van der Waals surface area contributed by atoms with Crippen LogP contribution in [0.25, 0.3) is 11.0 Å². The molecule has 1 unspecified atom stereocenters. The average molecular weight is 384 g/mol.